The summed E-state index contributed by atoms with van der Waals surface area (Å²) in [5, 5.41) is 1.53. The topological polar surface area (TPSA) is 33.7 Å². The van der Waals surface area contributed by atoms with E-state index in [0.717, 1.165) is 6.54 Å². The Hall–Kier alpha value is 0.0569. The SMILES string of the molecule is CON(CC[SiH]1CCCN1)OC. The largest absolute Gasteiger partial charge is 0.339 e. The second kappa shape index (κ2) is 5.66. The molecular weight excluding hydrogens is 172 g/mol. The molecule has 4 nitrogen and oxygen atoms in total. The molecule has 12 heavy (non-hydrogen) atoms. The Labute approximate surface area is 75.4 Å². The minimum atomic E-state index is -0.617. The molecule has 5 heteroatoms. The van der Waals surface area contributed by atoms with Crippen LogP contribution < -0.4 is 4.98 Å². The molecule has 1 heterocycles. The molecule has 0 spiro atoms. The van der Waals surface area contributed by atoms with Crippen molar-refractivity contribution in [3.8, 4) is 0 Å². The molecule has 72 valence electrons. The van der Waals surface area contributed by atoms with Crippen LogP contribution in [0, 0.1) is 0 Å². The van der Waals surface area contributed by atoms with Gasteiger partial charge in [-0.2, -0.15) is 0 Å². The van der Waals surface area contributed by atoms with Gasteiger partial charge in [0.1, 0.15) is 8.96 Å². The van der Waals surface area contributed by atoms with E-state index in [-0.39, 0.29) is 0 Å². The van der Waals surface area contributed by atoms with Crippen LogP contribution in [-0.2, 0) is 9.68 Å². The van der Waals surface area contributed by atoms with Gasteiger partial charge in [0.15, 0.2) is 0 Å². The summed E-state index contributed by atoms with van der Waals surface area (Å²) in [6.45, 7) is 2.10. The molecule has 0 aliphatic carbocycles. The second-order valence-electron chi connectivity index (χ2n) is 3.00. The normalized spacial score (nSPS) is 23.8. The zero-order valence-electron chi connectivity index (χ0n) is 7.88. The van der Waals surface area contributed by atoms with E-state index in [1.807, 2.05) is 0 Å². The molecule has 1 aliphatic rings. The lowest BCUT2D eigenvalue weighted by Gasteiger charge is -2.17. The van der Waals surface area contributed by atoms with Crippen molar-refractivity contribution in [1.82, 2.24) is 10.2 Å². The van der Waals surface area contributed by atoms with Gasteiger partial charge in [-0.15, -0.1) is 0 Å². The number of hydrogen-bond donors (Lipinski definition) is 1. The first kappa shape index (κ1) is 10.1. The van der Waals surface area contributed by atoms with Crippen LogP contribution in [-0.4, -0.2) is 41.5 Å². The van der Waals surface area contributed by atoms with Gasteiger partial charge in [-0.3, -0.25) is 9.68 Å². The molecule has 0 aromatic rings. The van der Waals surface area contributed by atoms with Gasteiger partial charge in [-0.05, 0) is 25.1 Å². The molecule has 1 saturated heterocycles. The quantitative estimate of drug-likeness (QED) is 0.493. The summed E-state index contributed by atoms with van der Waals surface area (Å²) in [5.41, 5.74) is 0. The molecule has 1 fully saturated rings. The van der Waals surface area contributed by atoms with Gasteiger partial charge < -0.3 is 4.98 Å². The van der Waals surface area contributed by atoms with E-state index in [4.69, 9.17) is 9.68 Å². The van der Waals surface area contributed by atoms with Crippen molar-refractivity contribution in [1.29, 1.82) is 0 Å². The van der Waals surface area contributed by atoms with Crippen LogP contribution >= 0.6 is 0 Å². The van der Waals surface area contributed by atoms with Crippen molar-refractivity contribution in [3.63, 3.8) is 0 Å². The molecule has 1 N–H and O–H groups in total. The Kier molecular flexibility index (Phi) is 4.78. The Morgan fingerprint density at radius 2 is 2.17 bits per heavy atom. The number of nitrogens with one attached hydrogen (secondary N) is 1. The van der Waals surface area contributed by atoms with Crippen molar-refractivity contribution in [2.45, 2.75) is 18.5 Å². The predicted octanol–water partition coefficient (Wildman–Crippen LogP) is 0.128. The fraction of sp³-hybridized carbons (Fsp3) is 1.00. The summed E-state index contributed by atoms with van der Waals surface area (Å²) < 4.78 is 0. The summed E-state index contributed by atoms with van der Waals surface area (Å²) in [6, 6.07) is 2.64. The van der Waals surface area contributed by atoms with Crippen molar-refractivity contribution in [2.24, 2.45) is 0 Å². The number of hydroxylamine groups is 2. The van der Waals surface area contributed by atoms with Gasteiger partial charge in [0.05, 0.1) is 20.8 Å². The maximum atomic E-state index is 4.96. The molecule has 0 aromatic heterocycles. The number of nitrogens with zero attached hydrogens (tertiary/aromatic N) is 1. The van der Waals surface area contributed by atoms with E-state index in [1.165, 1.54) is 30.3 Å². The van der Waals surface area contributed by atoms with Crippen molar-refractivity contribution < 1.29 is 9.68 Å². The van der Waals surface area contributed by atoms with E-state index in [2.05, 4.69) is 4.98 Å². The molecule has 0 radical (unpaired) electrons. The lowest BCUT2D eigenvalue weighted by molar-refractivity contribution is -0.339. The highest BCUT2D eigenvalue weighted by molar-refractivity contribution is 6.56. The van der Waals surface area contributed by atoms with Crippen LogP contribution in [0.5, 0.6) is 0 Å². The van der Waals surface area contributed by atoms with Crippen LogP contribution in [0.15, 0.2) is 0 Å². The average Bonchev–Trinajstić information content (AvgIpc) is 2.59. The van der Waals surface area contributed by atoms with E-state index in [1.54, 1.807) is 14.2 Å². The highest BCUT2D eigenvalue weighted by Crippen LogP contribution is 2.07. The van der Waals surface area contributed by atoms with Crippen molar-refractivity contribution in [3.05, 3.63) is 0 Å². The van der Waals surface area contributed by atoms with E-state index < -0.39 is 8.96 Å². The van der Waals surface area contributed by atoms with E-state index >= 15 is 0 Å². The van der Waals surface area contributed by atoms with E-state index in [9.17, 15) is 0 Å². The highest BCUT2D eigenvalue weighted by Gasteiger charge is 2.16. The first-order valence-corrected chi connectivity index (χ1v) is 6.67. The summed E-state index contributed by atoms with van der Waals surface area (Å²) in [4.78, 5) is 13.5. The third-order valence-electron chi connectivity index (χ3n) is 2.23. The second-order valence-corrected chi connectivity index (χ2v) is 5.96. The number of hydrogen-bond acceptors (Lipinski definition) is 4. The maximum Gasteiger partial charge on any atom is 0.110 e. The first-order chi connectivity index (χ1) is 5.86. The smallest absolute Gasteiger partial charge is 0.110 e. The molecule has 0 aromatic carbocycles. The molecule has 1 aliphatic heterocycles. The summed E-state index contributed by atoms with van der Waals surface area (Å²) in [6.07, 6.45) is 1.36. The summed E-state index contributed by atoms with van der Waals surface area (Å²) >= 11 is 0. The van der Waals surface area contributed by atoms with Crippen LogP contribution in [0.25, 0.3) is 0 Å². The molecular formula is C7H18N2O2Si. The Balaban J connectivity index is 2.06. The van der Waals surface area contributed by atoms with Crippen LogP contribution in [0.3, 0.4) is 0 Å². The Morgan fingerprint density at radius 3 is 2.67 bits per heavy atom. The third kappa shape index (κ3) is 3.20. The average molecular weight is 190 g/mol. The zero-order valence-corrected chi connectivity index (χ0v) is 9.03. The predicted molar refractivity (Wildman–Crippen MR) is 50.1 cm³/mol. The van der Waals surface area contributed by atoms with Gasteiger partial charge >= 0.3 is 0 Å². The van der Waals surface area contributed by atoms with E-state index in [0.29, 0.717) is 0 Å². The molecule has 1 atom stereocenters. The van der Waals surface area contributed by atoms with Crippen molar-refractivity contribution in [2.75, 3.05) is 27.3 Å². The van der Waals surface area contributed by atoms with Gasteiger partial charge in [-0.25, -0.2) is 0 Å². The minimum absolute atomic E-state index is 0.617. The standard InChI is InChI=1S/C7H18N2O2Si/c1-10-9(11-2)5-7-12-6-3-4-8-12/h8,12H,3-7H2,1-2H3. The van der Waals surface area contributed by atoms with Crippen LogP contribution in [0.1, 0.15) is 6.42 Å². The fourth-order valence-electron chi connectivity index (χ4n) is 1.52. The summed E-state index contributed by atoms with van der Waals surface area (Å²) in [5.74, 6) is 0. The lowest BCUT2D eigenvalue weighted by atomic mass is 10.5. The fourth-order valence-corrected chi connectivity index (χ4v) is 4.05. The maximum absolute atomic E-state index is 4.96. The monoisotopic (exact) mass is 190 g/mol. The lowest BCUT2D eigenvalue weighted by Crippen LogP contribution is -2.32. The molecule has 0 saturated carbocycles. The molecule has 1 rings (SSSR count). The van der Waals surface area contributed by atoms with Gasteiger partial charge in [0.25, 0.3) is 0 Å². The summed E-state index contributed by atoms with van der Waals surface area (Å²) in [7, 11) is 2.65. The van der Waals surface area contributed by atoms with Gasteiger partial charge in [0.2, 0.25) is 0 Å². The van der Waals surface area contributed by atoms with Gasteiger partial charge in [0, 0.05) is 0 Å². The zero-order chi connectivity index (χ0) is 8.81. The van der Waals surface area contributed by atoms with Crippen LogP contribution in [0.2, 0.25) is 12.1 Å². The number of rotatable bonds is 5. The Bertz CT molecular complexity index is 114. The highest BCUT2D eigenvalue weighted by atomic mass is 28.3. The molecule has 0 amide bonds. The van der Waals surface area contributed by atoms with Crippen LogP contribution in [0.4, 0.5) is 0 Å². The minimum Gasteiger partial charge on any atom is -0.339 e. The molecule has 1 unspecified atom stereocenters. The van der Waals surface area contributed by atoms with Crippen molar-refractivity contribution >= 4 is 8.96 Å². The first-order valence-electron chi connectivity index (χ1n) is 4.46. The Morgan fingerprint density at radius 1 is 1.42 bits per heavy atom. The van der Waals surface area contributed by atoms with Gasteiger partial charge in [-0.1, -0.05) is 5.23 Å². The molecule has 0 bridgehead atoms. The third-order valence-corrected chi connectivity index (χ3v) is 5.16.